The number of nitrogens with one attached hydrogen (secondary N) is 2. The summed E-state index contributed by atoms with van der Waals surface area (Å²) in [6, 6.07) is 14.5. The molecule has 0 bridgehead atoms. The maximum absolute atomic E-state index is 13.7. The van der Waals surface area contributed by atoms with E-state index in [1.54, 1.807) is 7.05 Å². The molecule has 3 aliphatic heterocycles. The standard InChI is InChI=1S/C29H33N5O2/c1-19-14-25(27-17-32-27)26(28(31-2)33-23-4-3-13-36-18-23)15-24(19)29(35)34-11-9-22(10-12-34)21-7-5-20(16-30)6-8-21/h4-8,14-15,22,27,32H,3,9-13,17-18H2,1-2H3,(H,31,33). The second kappa shape index (κ2) is 10.7. The SMILES string of the molecule is CN=C(NC1=CCCOC1)c1cc(C(=O)N2CCC(c3ccc(C#N)cc3)CC2)c(C)cc1C1CN1. The highest BCUT2D eigenvalue weighted by Gasteiger charge is 2.30. The van der Waals surface area contributed by atoms with Crippen LogP contribution in [0.1, 0.15) is 69.4 Å². The van der Waals surface area contributed by atoms with Gasteiger partial charge in [-0.2, -0.15) is 5.26 Å². The number of hydrogen-bond acceptors (Lipinski definition) is 5. The second-order valence-electron chi connectivity index (χ2n) is 9.78. The number of hydrogen-bond donors (Lipinski definition) is 2. The number of amides is 1. The van der Waals surface area contributed by atoms with Crippen LogP contribution < -0.4 is 10.6 Å². The third-order valence-corrected chi connectivity index (χ3v) is 7.37. The molecule has 2 saturated heterocycles. The van der Waals surface area contributed by atoms with Crippen LogP contribution in [0, 0.1) is 18.3 Å². The number of amidine groups is 1. The number of aryl methyl sites for hydroxylation is 1. The van der Waals surface area contributed by atoms with E-state index in [4.69, 9.17) is 10.00 Å². The largest absolute Gasteiger partial charge is 0.375 e. The first-order chi connectivity index (χ1) is 17.6. The van der Waals surface area contributed by atoms with Gasteiger partial charge in [0.05, 0.1) is 24.8 Å². The van der Waals surface area contributed by atoms with Crippen molar-refractivity contribution in [2.24, 2.45) is 4.99 Å². The molecule has 0 aromatic heterocycles. The molecule has 1 amide bonds. The van der Waals surface area contributed by atoms with Crippen molar-refractivity contribution in [3.05, 3.63) is 81.6 Å². The molecular weight excluding hydrogens is 450 g/mol. The molecule has 186 valence electrons. The molecule has 3 aliphatic rings. The summed E-state index contributed by atoms with van der Waals surface area (Å²) < 4.78 is 5.59. The van der Waals surface area contributed by atoms with Gasteiger partial charge in [-0.1, -0.05) is 24.3 Å². The van der Waals surface area contributed by atoms with Crippen molar-refractivity contribution in [2.45, 2.75) is 38.1 Å². The predicted molar refractivity (Wildman–Crippen MR) is 140 cm³/mol. The normalized spacial score (nSPS) is 20.5. The quantitative estimate of drug-likeness (QED) is 0.383. The smallest absolute Gasteiger partial charge is 0.254 e. The minimum atomic E-state index is 0.0815. The number of aliphatic imine (C=N–C) groups is 1. The Morgan fingerprint density at radius 2 is 1.94 bits per heavy atom. The van der Waals surface area contributed by atoms with Crippen LogP contribution in [-0.4, -0.2) is 56.5 Å². The van der Waals surface area contributed by atoms with Crippen LogP contribution in [0.4, 0.5) is 0 Å². The van der Waals surface area contributed by atoms with Crippen LogP contribution in [0.5, 0.6) is 0 Å². The van der Waals surface area contributed by atoms with Gasteiger partial charge in [-0.25, -0.2) is 0 Å². The Morgan fingerprint density at radius 3 is 2.56 bits per heavy atom. The zero-order valence-electron chi connectivity index (χ0n) is 21.0. The van der Waals surface area contributed by atoms with Crippen molar-refractivity contribution >= 4 is 11.7 Å². The summed E-state index contributed by atoms with van der Waals surface area (Å²) in [4.78, 5) is 20.2. The summed E-state index contributed by atoms with van der Waals surface area (Å²) >= 11 is 0. The molecule has 1 unspecified atom stereocenters. The molecule has 5 rings (SSSR count). The average Bonchev–Trinajstić information content (AvgIpc) is 3.78. The molecule has 7 heteroatoms. The number of nitrogens with zero attached hydrogens (tertiary/aromatic N) is 3. The maximum atomic E-state index is 13.7. The zero-order chi connectivity index (χ0) is 25.1. The van der Waals surface area contributed by atoms with Gasteiger partial charge in [-0.3, -0.25) is 9.79 Å². The minimum absolute atomic E-state index is 0.0815. The third-order valence-electron chi connectivity index (χ3n) is 7.37. The summed E-state index contributed by atoms with van der Waals surface area (Å²) in [5.74, 6) is 1.26. The van der Waals surface area contributed by atoms with Crippen molar-refractivity contribution in [1.82, 2.24) is 15.5 Å². The average molecular weight is 484 g/mol. The number of ether oxygens (including phenoxy) is 1. The first-order valence-electron chi connectivity index (χ1n) is 12.8. The van der Waals surface area contributed by atoms with Gasteiger partial charge in [0.25, 0.3) is 5.91 Å². The molecule has 0 saturated carbocycles. The van der Waals surface area contributed by atoms with E-state index >= 15 is 0 Å². The third kappa shape index (κ3) is 5.20. The maximum Gasteiger partial charge on any atom is 0.254 e. The van der Waals surface area contributed by atoms with Crippen LogP contribution in [0.25, 0.3) is 0 Å². The lowest BCUT2D eigenvalue weighted by Gasteiger charge is -2.33. The number of likely N-dealkylation sites (tertiary alicyclic amines) is 1. The van der Waals surface area contributed by atoms with Crippen LogP contribution in [0.15, 0.2) is 53.2 Å². The number of nitriles is 1. The topological polar surface area (TPSA) is 99.7 Å². The molecule has 2 N–H and O–H groups in total. The number of piperidine rings is 1. The van der Waals surface area contributed by atoms with Gasteiger partial charge in [0.15, 0.2) is 0 Å². The number of rotatable bonds is 5. The van der Waals surface area contributed by atoms with Gasteiger partial charge in [-0.05, 0) is 67.0 Å². The molecule has 3 heterocycles. The van der Waals surface area contributed by atoms with E-state index in [2.05, 4.69) is 33.8 Å². The van der Waals surface area contributed by atoms with Crippen LogP contribution in [0.3, 0.4) is 0 Å². The van der Waals surface area contributed by atoms with E-state index in [1.807, 2.05) is 42.2 Å². The summed E-state index contributed by atoms with van der Waals surface area (Å²) in [6.45, 7) is 5.70. The minimum Gasteiger partial charge on any atom is -0.375 e. The van der Waals surface area contributed by atoms with Crippen LogP contribution in [0.2, 0.25) is 0 Å². The van der Waals surface area contributed by atoms with Crippen molar-refractivity contribution in [3.63, 3.8) is 0 Å². The molecule has 7 nitrogen and oxygen atoms in total. The summed E-state index contributed by atoms with van der Waals surface area (Å²) in [5, 5.41) is 15.9. The Balaban J connectivity index is 1.35. The zero-order valence-corrected chi connectivity index (χ0v) is 21.0. The first-order valence-corrected chi connectivity index (χ1v) is 12.8. The fraction of sp³-hybridized carbons (Fsp3) is 0.414. The Labute approximate surface area is 212 Å². The molecule has 2 aromatic rings. The number of carbonyl (C=O) groups excluding carboxylic acids is 1. The second-order valence-corrected chi connectivity index (χ2v) is 9.78. The highest BCUT2D eigenvalue weighted by atomic mass is 16.5. The highest BCUT2D eigenvalue weighted by Crippen LogP contribution is 2.32. The van der Waals surface area contributed by atoms with E-state index in [1.165, 1.54) is 11.1 Å². The number of carbonyl (C=O) groups is 1. The monoisotopic (exact) mass is 483 g/mol. The van der Waals surface area contributed by atoms with Crippen LogP contribution >= 0.6 is 0 Å². The van der Waals surface area contributed by atoms with Crippen molar-refractivity contribution in [3.8, 4) is 6.07 Å². The van der Waals surface area contributed by atoms with Gasteiger partial charge < -0.3 is 20.3 Å². The van der Waals surface area contributed by atoms with Crippen LogP contribution in [-0.2, 0) is 4.74 Å². The molecule has 2 fully saturated rings. The van der Waals surface area contributed by atoms with E-state index < -0.39 is 0 Å². The van der Waals surface area contributed by atoms with Crippen molar-refractivity contribution < 1.29 is 9.53 Å². The molecule has 0 aliphatic carbocycles. The van der Waals surface area contributed by atoms with Crippen molar-refractivity contribution in [2.75, 3.05) is 39.9 Å². The molecule has 2 aromatic carbocycles. The van der Waals surface area contributed by atoms with E-state index in [0.717, 1.165) is 73.7 Å². The molecule has 0 radical (unpaired) electrons. The van der Waals surface area contributed by atoms with E-state index in [-0.39, 0.29) is 5.91 Å². The number of benzene rings is 2. The lowest BCUT2D eigenvalue weighted by Crippen LogP contribution is -2.38. The van der Waals surface area contributed by atoms with Gasteiger partial charge in [-0.15, -0.1) is 0 Å². The summed E-state index contributed by atoms with van der Waals surface area (Å²) in [6.07, 6.45) is 4.88. The predicted octanol–water partition coefficient (Wildman–Crippen LogP) is 3.80. The fourth-order valence-electron chi connectivity index (χ4n) is 5.19. The van der Waals surface area contributed by atoms with Gasteiger partial charge in [0, 0.05) is 49.5 Å². The molecule has 36 heavy (non-hydrogen) atoms. The molecule has 1 atom stereocenters. The Morgan fingerprint density at radius 1 is 1.19 bits per heavy atom. The highest BCUT2D eigenvalue weighted by molar-refractivity contribution is 6.05. The lowest BCUT2D eigenvalue weighted by molar-refractivity contribution is 0.0712. The first kappa shape index (κ1) is 24.2. The Kier molecular flexibility index (Phi) is 7.17. The van der Waals surface area contributed by atoms with E-state index in [9.17, 15) is 4.79 Å². The molecule has 0 spiro atoms. The summed E-state index contributed by atoms with van der Waals surface area (Å²) in [7, 11) is 1.78. The Bertz CT molecular complexity index is 1230. The van der Waals surface area contributed by atoms with Gasteiger partial charge >= 0.3 is 0 Å². The van der Waals surface area contributed by atoms with Gasteiger partial charge in [0.2, 0.25) is 0 Å². The van der Waals surface area contributed by atoms with Gasteiger partial charge in [0.1, 0.15) is 5.84 Å². The fourth-order valence-corrected chi connectivity index (χ4v) is 5.19. The lowest BCUT2D eigenvalue weighted by atomic mass is 9.88. The summed E-state index contributed by atoms with van der Waals surface area (Å²) in [5.41, 5.74) is 6.82. The van der Waals surface area contributed by atoms with Crippen molar-refractivity contribution in [1.29, 1.82) is 5.26 Å². The molecular formula is C29H33N5O2. The van der Waals surface area contributed by atoms with E-state index in [0.29, 0.717) is 24.1 Å². The Hall–Kier alpha value is -3.47.